The molecule has 2 aromatic rings. The summed E-state index contributed by atoms with van der Waals surface area (Å²) < 4.78 is 7.03. The SMILES string of the molecule is COC(=O)c1c2c(cn1Cc1ccccc1)CCCC2. The van der Waals surface area contributed by atoms with E-state index in [1.807, 2.05) is 18.2 Å². The minimum atomic E-state index is -0.218. The van der Waals surface area contributed by atoms with Crippen molar-refractivity contribution < 1.29 is 9.53 Å². The van der Waals surface area contributed by atoms with Crippen molar-refractivity contribution in [1.82, 2.24) is 4.57 Å². The van der Waals surface area contributed by atoms with E-state index in [1.54, 1.807) is 0 Å². The van der Waals surface area contributed by atoms with Gasteiger partial charge in [-0.15, -0.1) is 0 Å². The molecular weight excluding hydrogens is 250 g/mol. The van der Waals surface area contributed by atoms with Crippen LogP contribution in [-0.2, 0) is 24.1 Å². The van der Waals surface area contributed by atoms with Crippen molar-refractivity contribution in [3.05, 3.63) is 58.9 Å². The fourth-order valence-corrected chi connectivity index (χ4v) is 3.01. The number of hydrogen-bond acceptors (Lipinski definition) is 2. The number of carbonyl (C=O) groups is 1. The van der Waals surface area contributed by atoms with Gasteiger partial charge in [0.2, 0.25) is 0 Å². The Kier molecular flexibility index (Phi) is 3.59. The van der Waals surface area contributed by atoms with Gasteiger partial charge < -0.3 is 9.30 Å². The number of rotatable bonds is 3. The monoisotopic (exact) mass is 269 g/mol. The van der Waals surface area contributed by atoms with Crippen LogP contribution in [-0.4, -0.2) is 17.6 Å². The molecule has 0 spiro atoms. The number of aromatic nitrogens is 1. The van der Waals surface area contributed by atoms with Gasteiger partial charge in [-0.1, -0.05) is 30.3 Å². The van der Waals surface area contributed by atoms with Gasteiger partial charge in [-0.3, -0.25) is 0 Å². The zero-order valence-electron chi connectivity index (χ0n) is 11.8. The van der Waals surface area contributed by atoms with E-state index in [-0.39, 0.29) is 5.97 Å². The predicted octanol–water partition coefficient (Wildman–Crippen LogP) is 3.20. The Morgan fingerprint density at radius 2 is 1.95 bits per heavy atom. The number of aryl methyl sites for hydroxylation is 1. The zero-order chi connectivity index (χ0) is 13.9. The lowest BCUT2D eigenvalue weighted by atomic mass is 9.94. The third-order valence-electron chi connectivity index (χ3n) is 3.97. The van der Waals surface area contributed by atoms with Crippen molar-refractivity contribution in [3.63, 3.8) is 0 Å². The summed E-state index contributed by atoms with van der Waals surface area (Å²) in [6.07, 6.45) is 6.56. The molecule has 0 bridgehead atoms. The van der Waals surface area contributed by atoms with Gasteiger partial charge in [0, 0.05) is 12.7 Å². The number of fused-ring (bicyclic) bond motifs is 1. The summed E-state index contributed by atoms with van der Waals surface area (Å²) in [4.78, 5) is 12.1. The molecule has 1 aromatic carbocycles. The van der Waals surface area contributed by atoms with Crippen molar-refractivity contribution in [2.45, 2.75) is 32.2 Å². The maximum atomic E-state index is 12.1. The first kappa shape index (κ1) is 13.0. The molecule has 3 nitrogen and oxygen atoms in total. The van der Waals surface area contributed by atoms with Crippen LogP contribution < -0.4 is 0 Å². The van der Waals surface area contributed by atoms with E-state index in [0.29, 0.717) is 0 Å². The van der Waals surface area contributed by atoms with Crippen molar-refractivity contribution in [2.24, 2.45) is 0 Å². The Morgan fingerprint density at radius 1 is 1.20 bits per heavy atom. The van der Waals surface area contributed by atoms with Crippen LogP contribution >= 0.6 is 0 Å². The second-order valence-electron chi connectivity index (χ2n) is 5.29. The van der Waals surface area contributed by atoms with Crippen LogP contribution in [0.15, 0.2) is 36.5 Å². The number of carbonyl (C=O) groups excluding carboxylic acids is 1. The maximum absolute atomic E-state index is 12.1. The van der Waals surface area contributed by atoms with Gasteiger partial charge in [0.25, 0.3) is 0 Å². The average Bonchev–Trinajstić information content (AvgIpc) is 2.85. The first-order valence-corrected chi connectivity index (χ1v) is 7.12. The molecule has 0 amide bonds. The molecule has 0 aliphatic heterocycles. The third-order valence-corrected chi connectivity index (χ3v) is 3.97. The normalized spacial score (nSPS) is 13.8. The summed E-state index contributed by atoms with van der Waals surface area (Å²) in [5, 5.41) is 0. The first-order chi connectivity index (χ1) is 9.79. The number of hydrogen-bond donors (Lipinski definition) is 0. The second-order valence-corrected chi connectivity index (χ2v) is 5.29. The van der Waals surface area contributed by atoms with Crippen LogP contribution in [0, 0.1) is 0 Å². The number of esters is 1. The largest absolute Gasteiger partial charge is 0.464 e. The maximum Gasteiger partial charge on any atom is 0.354 e. The molecule has 1 aromatic heterocycles. The van der Waals surface area contributed by atoms with Crippen LogP contribution in [0.3, 0.4) is 0 Å². The highest BCUT2D eigenvalue weighted by Gasteiger charge is 2.24. The van der Waals surface area contributed by atoms with Crippen molar-refractivity contribution in [2.75, 3.05) is 7.11 Å². The van der Waals surface area contributed by atoms with E-state index >= 15 is 0 Å². The topological polar surface area (TPSA) is 31.2 Å². The molecule has 0 fully saturated rings. The van der Waals surface area contributed by atoms with Crippen LogP contribution in [0.4, 0.5) is 0 Å². The van der Waals surface area contributed by atoms with Crippen molar-refractivity contribution in [1.29, 1.82) is 0 Å². The molecule has 0 saturated heterocycles. The highest BCUT2D eigenvalue weighted by molar-refractivity contribution is 5.90. The summed E-state index contributed by atoms with van der Waals surface area (Å²) in [6.45, 7) is 0.721. The quantitative estimate of drug-likeness (QED) is 0.801. The summed E-state index contributed by atoms with van der Waals surface area (Å²) >= 11 is 0. The summed E-state index contributed by atoms with van der Waals surface area (Å²) in [7, 11) is 1.46. The molecule has 3 heteroatoms. The van der Waals surface area contributed by atoms with Crippen LogP contribution in [0.1, 0.15) is 40.0 Å². The summed E-state index contributed by atoms with van der Waals surface area (Å²) in [5.74, 6) is -0.218. The lowest BCUT2D eigenvalue weighted by Crippen LogP contribution is -2.14. The van der Waals surface area contributed by atoms with Gasteiger partial charge in [-0.2, -0.15) is 0 Å². The van der Waals surface area contributed by atoms with E-state index in [1.165, 1.54) is 30.2 Å². The van der Waals surface area contributed by atoms with Gasteiger partial charge in [-0.25, -0.2) is 4.79 Å². The van der Waals surface area contributed by atoms with E-state index in [2.05, 4.69) is 22.9 Å². The Balaban J connectivity index is 2.01. The molecule has 1 aliphatic carbocycles. The average molecular weight is 269 g/mol. The van der Waals surface area contributed by atoms with Crippen molar-refractivity contribution in [3.8, 4) is 0 Å². The van der Waals surface area contributed by atoms with E-state index in [9.17, 15) is 4.79 Å². The van der Waals surface area contributed by atoms with Crippen LogP contribution in [0.2, 0.25) is 0 Å². The summed E-state index contributed by atoms with van der Waals surface area (Å²) in [5.41, 5.74) is 4.45. The number of methoxy groups -OCH3 is 1. The molecule has 3 rings (SSSR count). The third kappa shape index (κ3) is 2.36. The van der Waals surface area contributed by atoms with Crippen molar-refractivity contribution >= 4 is 5.97 Å². The minimum Gasteiger partial charge on any atom is -0.464 e. The Bertz CT molecular complexity index is 613. The lowest BCUT2D eigenvalue weighted by Gasteiger charge is -2.12. The number of benzene rings is 1. The molecular formula is C17H19NO2. The fraction of sp³-hybridized carbons (Fsp3) is 0.353. The first-order valence-electron chi connectivity index (χ1n) is 7.12. The van der Waals surface area contributed by atoms with E-state index in [0.717, 1.165) is 31.5 Å². The highest BCUT2D eigenvalue weighted by atomic mass is 16.5. The standard InChI is InChI=1S/C17H19NO2/c1-20-17(19)16-15-10-6-5-9-14(15)12-18(16)11-13-7-3-2-4-8-13/h2-4,7-8,12H,5-6,9-11H2,1H3. The smallest absolute Gasteiger partial charge is 0.354 e. The molecule has 1 aliphatic rings. The molecule has 0 radical (unpaired) electrons. The van der Waals surface area contributed by atoms with Gasteiger partial charge in [-0.05, 0) is 42.4 Å². The zero-order valence-corrected chi connectivity index (χ0v) is 11.8. The Labute approximate surface area is 119 Å². The van der Waals surface area contributed by atoms with Crippen LogP contribution in [0.25, 0.3) is 0 Å². The molecule has 0 saturated carbocycles. The number of ether oxygens (including phenoxy) is 1. The van der Waals surface area contributed by atoms with Gasteiger partial charge in [0.1, 0.15) is 5.69 Å². The summed E-state index contributed by atoms with van der Waals surface area (Å²) in [6, 6.07) is 10.2. The minimum absolute atomic E-state index is 0.218. The molecule has 0 unspecified atom stereocenters. The highest BCUT2D eigenvalue weighted by Crippen LogP contribution is 2.27. The van der Waals surface area contributed by atoms with Gasteiger partial charge >= 0.3 is 5.97 Å². The second kappa shape index (κ2) is 5.53. The van der Waals surface area contributed by atoms with Gasteiger partial charge in [0.05, 0.1) is 7.11 Å². The Morgan fingerprint density at radius 3 is 2.70 bits per heavy atom. The molecule has 20 heavy (non-hydrogen) atoms. The predicted molar refractivity (Wildman–Crippen MR) is 78.0 cm³/mol. The number of nitrogens with zero attached hydrogens (tertiary/aromatic N) is 1. The van der Waals surface area contributed by atoms with E-state index in [4.69, 9.17) is 4.74 Å². The van der Waals surface area contributed by atoms with Crippen LogP contribution in [0.5, 0.6) is 0 Å². The molecule has 104 valence electrons. The molecule has 1 heterocycles. The Hall–Kier alpha value is -2.03. The fourth-order valence-electron chi connectivity index (χ4n) is 3.01. The lowest BCUT2D eigenvalue weighted by molar-refractivity contribution is 0.0587. The van der Waals surface area contributed by atoms with E-state index < -0.39 is 0 Å². The van der Waals surface area contributed by atoms with Gasteiger partial charge in [0.15, 0.2) is 0 Å². The molecule has 0 atom stereocenters. The molecule has 0 N–H and O–H groups in total.